The van der Waals surface area contributed by atoms with Crippen molar-refractivity contribution in [3.63, 3.8) is 0 Å². The molecule has 1 N–H and O–H groups in total. The van der Waals surface area contributed by atoms with Gasteiger partial charge in [-0.2, -0.15) is 0 Å². The topological polar surface area (TPSA) is 86.0 Å². The molecule has 2 aromatic carbocycles. The van der Waals surface area contributed by atoms with Gasteiger partial charge in [-0.3, -0.25) is 9.59 Å². The van der Waals surface area contributed by atoms with Crippen molar-refractivity contribution in [3.05, 3.63) is 75.7 Å². The van der Waals surface area contributed by atoms with Crippen LogP contribution in [0.25, 0.3) is 17.0 Å². The summed E-state index contributed by atoms with van der Waals surface area (Å²) in [6, 6.07) is 14.2. The summed E-state index contributed by atoms with van der Waals surface area (Å²) in [5.74, 6) is -0.930. The van der Waals surface area contributed by atoms with E-state index < -0.39 is 23.1 Å². The van der Waals surface area contributed by atoms with E-state index in [0.29, 0.717) is 11.2 Å². The maximum absolute atomic E-state index is 12.6. The fourth-order valence-electron chi connectivity index (χ4n) is 3.36. The summed E-state index contributed by atoms with van der Waals surface area (Å²) in [5, 5.41) is 10.8. The summed E-state index contributed by atoms with van der Waals surface area (Å²) in [7, 11) is 1.29. The second-order valence-corrected chi connectivity index (χ2v) is 6.52. The zero-order chi connectivity index (χ0) is 19.7. The Labute approximate surface area is 160 Å². The van der Waals surface area contributed by atoms with Crippen LogP contribution in [0.2, 0.25) is 0 Å². The number of para-hydroxylation sites is 2. The van der Waals surface area contributed by atoms with Gasteiger partial charge in [-0.15, -0.1) is 0 Å². The third kappa shape index (κ3) is 3.13. The molecule has 0 bridgehead atoms. The lowest BCUT2D eigenvalue weighted by molar-refractivity contribution is -0.141. The summed E-state index contributed by atoms with van der Waals surface area (Å²) in [5.41, 5.74) is 1.36. The molecule has 1 aliphatic rings. The molecule has 0 aliphatic carbocycles. The van der Waals surface area contributed by atoms with Crippen molar-refractivity contribution in [1.29, 1.82) is 0 Å². The van der Waals surface area contributed by atoms with Gasteiger partial charge in [0.05, 0.1) is 24.8 Å². The monoisotopic (exact) mass is 378 g/mol. The van der Waals surface area contributed by atoms with Crippen molar-refractivity contribution >= 4 is 23.0 Å². The molecule has 6 heteroatoms. The lowest BCUT2D eigenvalue weighted by Gasteiger charge is -2.24. The van der Waals surface area contributed by atoms with Gasteiger partial charge in [0.2, 0.25) is 11.2 Å². The third-order valence-electron chi connectivity index (χ3n) is 4.82. The van der Waals surface area contributed by atoms with Crippen LogP contribution in [0.5, 0.6) is 11.5 Å². The van der Waals surface area contributed by atoms with Crippen molar-refractivity contribution in [2.24, 2.45) is 0 Å². The largest absolute Gasteiger partial charge is 0.502 e. The van der Waals surface area contributed by atoms with E-state index in [0.717, 1.165) is 11.3 Å². The Kier molecular flexibility index (Phi) is 4.61. The molecule has 4 rings (SSSR count). The minimum absolute atomic E-state index is 0.0309. The first-order valence-corrected chi connectivity index (χ1v) is 8.82. The van der Waals surface area contributed by atoms with E-state index in [1.165, 1.54) is 7.11 Å². The number of carbonyl (C=O) groups excluding carboxylic acids is 1. The normalized spacial score (nSPS) is 14.0. The summed E-state index contributed by atoms with van der Waals surface area (Å²) in [4.78, 5) is 24.7. The molecule has 0 amide bonds. The molecular formula is C22H18O6. The smallest absolute Gasteiger partial charge is 0.306 e. The van der Waals surface area contributed by atoms with Crippen LogP contribution >= 0.6 is 0 Å². The molecule has 0 spiro atoms. The summed E-state index contributed by atoms with van der Waals surface area (Å²) < 4.78 is 16.5. The quantitative estimate of drug-likeness (QED) is 0.698. The molecule has 6 nitrogen and oxygen atoms in total. The van der Waals surface area contributed by atoms with E-state index in [-0.39, 0.29) is 24.2 Å². The number of rotatable bonds is 4. The van der Waals surface area contributed by atoms with Crippen LogP contribution in [0.4, 0.5) is 0 Å². The van der Waals surface area contributed by atoms with Gasteiger partial charge < -0.3 is 19.0 Å². The summed E-state index contributed by atoms with van der Waals surface area (Å²) >= 11 is 0. The first-order valence-electron chi connectivity index (χ1n) is 8.82. The summed E-state index contributed by atoms with van der Waals surface area (Å²) in [6.07, 6.45) is 1.80. The van der Waals surface area contributed by atoms with E-state index >= 15 is 0 Å². The van der Waals surface area contributed by atoms with E-state index in [4.69, 9.17) is 13.9 Å². The minimum atomic E-state index is -0.696. The van der Waals surface area contributed by atoms with Gasteiger partial charge in [0, 0.05) is 5.56 Å². The van der Waals surface area contributed by atoms with Gasteiger partial charge in [-0.05, 0) is 29.8 Å². The van der Waals surface area contributed by atoms with Gasteiger partial charge in [-0.1, -0.05) is 30.3 Å². The molecule has 1 aliphatic heterocycles. The van der Waals surface area contributed by atoms with Crippen molar-refractivity contribution in [3.8, 4) is 11.5 Å². The van der Waals surface area contributed by atoms with Crippen LogP contribution in [0.15, 0.2) is 63.3 Å². The third-order valence-corrected chi connectivity index (χ3v) is 4.82. The van der Waals surface area contributed by atoms with Crippen LogP contribution in [-0.4, -0.2) is 24.8 Å². The minimum Gasteiger partial charge on any atom is -0.502 e. The molecule has 0 unspecified atom stereocenters. The van der Waals surface area contributed by atoms with E-state index in [2.05, 4.69) is 0 Å². The Hall–Kier alpha value is -3.54. The first-order chi connectivity index (χ1) is 13.6. The standard InChI is InChI=1S/C22H18O6/c1-26-19(23)11-16(14-10-13-6-2-4-8-17(13)27-12-14)22-21(25)20(24)15-7-3-5-9-18(15)28-22/h2-10,16,25H,11-12H2,1H3/t16-/m1/s1. The highest BCUT2D eigenvalue weighted by molar-refractivity contribution is 5.79. The van der Waals surface area contributed by atoms with Crippen LogP contribution in [0, 0.1) is 0 Å². The number of aromatic hydroxyl groups is 1. The zero-order valence-electron chi connectivity index (χ0n) is 15.2. The number of hydrogen-bond donors (Lipinski definition) is 1. The number of carbonyl (C=O) groups is 1. The van der Waals surface area contributed by atoms with Gasteiger partial charge in [0.15, 0.2) is 5.76 Å². The van der Waals surface area contributed by atoms with Gasteiger partial charge in [0.1, 0.15) is 17.9 Å². The predicted molar refractivity (Wildman–Crippen MR) is 103 cm³/mol. The second-order valence-electron chi connectivity index (χ2n) is 6.52. The fourth-order valence-corrected chi connectivity index (χ4v) is 3.36. The van der Waals surface area contributed by atoms with Crippen molar-refractivity contribution in [2.75, 3.05) is 13.7 Å². The van der Waals surface area contributed by atoms with Crippen LogP contribution < -0.4 is 10.2 Å². The number of ether oxygens (including phenoxy) is 2. The van der Waals surface area contributed by atoms with E-state index in [9.17, 15) is 14.7 Å². The number of fused-ring (bicyclic) bond motifs is 2. The second kappa shape index (κ2) is 7.23. The predicted octanol–water partition coefficient (Wildman–Crippen LogP) is 3.62. The Morgan fingerprint density at radius 2 is 1.93 bits per heavy atom. The highest BCUT2D eigenvalue weighted by atomic mass is 16.5. The fraction of sp³-hybridized carbons (Fsp3) is 0.182. The van der Waals surface area contributed by atoms with Crippen molar-refractivity contribution < 1.29 is 23.8 Å². The molecule has 142 valence electrons. The Morgan fingerprint density at radius 1 is 1.18 bits per heavy atom. The lowest BCUT2D eigenvalue weighted by Crippen LogP contribution is -2.19. The molecule has 0 saturated carbocycles. The molecule has 1 aromatic heterocycles. The highest BCUT2D eigenvalue weighted by Gasteiger charge is 2.30. The Morgan fingerprint density at radius 3 is 2.75 bits per heavy atom. The molecule has 0 fully saturated rings. The average Bonchev–Trinajstić information content (AvgIpc) is 2.74. The van der Waals surface area contributed by atoms with Crippen LogP contribution in [-0.2, 0) is 9.53 Å². The van der Waals surface area contributed by atoms with Crippen molar-refractivity contribution in [1.82, 2.24) is 0 Å². The molecule has 28 heavy (non-hydrogen) atoms. The number of hydrogen-bond acceptors (Lipinski definition) is 6. The van der Waals surface area contributed by atoms with Crippen LogP contribution in [0.1, 0.15) is 23.7 Å². The zero-order valence-corrected chi connectivity index (χ0v) is 15.2. The van der Waals surface area contributed by atoms with Crippen molar-refractivity contribution in [2.45, 2.75) is 12.3 Å². The van der Waals surface area contributed by atoms with Gasteiger partial charge in [-0.25, -0.2) is 0 Å². The van der Waals surface area contributed by atoms with Gasteiger partial charge in [0.25, 0.3) is 0 Å². The van der Waals surface area contributed by atoms with Gasteiger partial charge >= 0.3 is 5.97 Å². The first kappa shape index (κ1) is 17.9. The molecule has 3 aromatic rings. The van der Waals surface area contributed by atoms with Crippen LogP contribution in [0.3, 0.4) is 0 Å². The average molecular weight is 378 g/mol. The SMILES string of the molecule is COC(=O)C[C@H](C1=Cc2ccccc2OC1)c1oc2ccccc2c(=O)c1O. The van der Waals surface area contributed by atoms with E-state index in [1.807, 2.05) is 30.3 Å². The maximum atomic E-state index is 12.6. The number of esters is 1. The lowest BCUT2D eigenvalue weighted by atomic mass is 9.89. The molecule has 0 radical (unpaired) electrons. The maximum Gasteiger partial charge on any atom is 0.306 e. The molecule has 1 atom stereocenters. The molecule has 0 saturated heterocycles. The molecule has 2 heterocycles. The molecular weight excluding hydrogens is 360 g/mol. The summed E-state index contributed by atoms with van der Waals surface area (Å²) in [6.45, 7) is 0.203. The Balaban J connectivity index is 1.88. The number of benzene rings is 2. The Bertz CT molecular complexity index is 1140. The highest BCUT2D eigenvalue weighted by Crippen LogP contribution is 2.38. The van der Waals surface area contributed by atoms with E-state index in [1.54, 1.807) is 24.3 Å². The number of methoxy groups -OCH3 is 1.